The van der Waals surface area contributed by atoms with Crippen LogP contribution in [0, 0.1) is 0 Å². The van der Waals surface area contributed by atoms with Crippen LogP contribution in [0.3, 0.4) is 0 Å². The van der Waals surface area contributed by atoms with Crippen molar-refractivity contribution in [2.24, 2.45) is 0 Å². The monoisotopic (exact) mass is 241 g/mol. The Labute approximate surface area is 97.9 Å². The highest BCUT2D eigenvalue weighted by atomic mass is 16.4. The van der Waals surface area contributed by atoms with Crippen molar-refractivity contribution in [3.8, 4) is 0 Å². The molecular formula is C11H15NO5. The summed E-state index contributed by atoms with van der Waals surface area (Å²) >= 11 is 0. The SMILES string of the molecule is Nc1ccc(C(=O)O)cc1C(O)C(O)CCO. The third kappa shape index (κ3) is 3.16. The van der Waals surface area contributed by atoms with Crippen molar-refractivity contribution in [3.05, 3.63) is 29.3 Å². The molecule has 6 heteroatoms. The van der Waals surface area contributed by atoms with Crippen molar-refractivity contribution < 1.29 is 25.2 Å². The number of anilines is 1. The molecule has 0 amide bonds. The van der Waals surface area contributed by atoms with E-state index in [9.17, 15) is 15.0 Å². The van der Waals surface area contributed by atoms with E-state index in [4.69, 9.17) is 15.9 Å². The molecule has 17 heavy (non-hydrogen) atoms. The molecule has 0 aliphatic heterocycles. The van der Waals surface area contributed by atoms with Gasteiger partial charge in [-0.25, -0.2) is 4.79 Å². The number of carbonyl (C=O) groups is 1. The zero-order chi connectivity index (χ0) is 13.0. The number of carboxylic acids is 1. The van der Waals surface area contributed by atoms with E-state index < -0.39 is 18.2 Å². The van der Waals surface area contributed by atoms with Crippen molar-refractivity contribution in [2.45, 2.75) is 18.6 Å². The smallest absolute Gasteiger partial charge is 0.335 e. The number of aliphatic hydroxyl groups excluding tert-OH is 3. The number of hydrogen-bond acceptors (Lipinski definition) is 5. The van der Waals surface area contributed by atoms with Gasteiger partial charge in [0.1, 0.15) is 6.10 Å². The molecule has 0 saturated heterocycles. The highest BCUT2D eigenvalue weighted by Gasteiger charge is 2.21. The third-order valence-electron chi connectivity index (χ3n) is 2.44. The molecule has 94 valence electrons. The molecule has 0 aliphatic rings. The average molecular weight is 241 g/mol. The van der Waals surface area contributed by atoms with Crippen molar-refractivity contribution in [1.82, 2.24) is 0 Å². The number of carboxylic acid groups (broad SMARTS) is 1. The summed E-state index contributed by atoms with van der Waals surface area (Å²) in [6.45, 7) is -0.281. The molecule has 0 saturated carbocycles. The van der Waals surface area contributed by atoms with Gasteiger partial charge in [0.15, 0.2) is 0 Å². The molecule has 0 heterocycles. The maximum Gasteiger partial charge on any atom is 0.335 e. The lowest BCUT2D eigenvalue weighted by Gasteiger charge is -2.19. The van der Waals surface area contributed by atoms with Crippen LogP contribution in [0.1, 0.15) is 28.4 Å². The van der Waals surface area contributed by atoms with Crippen LogP contribution in [0.4, 0.5) is 5.69 Å². The van der Waals surface area contributed by atoms with Crippen molar-refractivity contribution >= 4 is 11.7 Å². The Morgan fingerprint density at radius 1 is 1.35 bits per heavy atom. The zero-order valence-electron chi connectivity index (χ0n) is 9.08. The van der Waals surface area contributed by atoms with Crippen LogP contribution in [0.5, 0.6) is 0 Å². The Morgan fingerprint density at radius 3 is 2.53 bits per heavy atom. The minimum absolute atomic E-state index is 0.0160. The largest absolute Gasteiger partial charge is 0.478 e. The highest BCUT2D eigenvalue weighted by Crippen LogP contribution is 2.25. The summed E-state index contributed by atoms with van der Waals surface area (Å²) in [5.74, 6) is -1.14. The number of benzene rings is 1. The predicted octanol–water partition coefficient (Wildman–Crippen LogP) is -0.256. The Morgan fingerprint density at radius 2 is 2.00 bits per heavy atom. The van der Waals surface area contributed by atoms with Gasteiger partial charge in [-0.15, -0.1) is 0 Å². The van der Waals surface area contributed by atoms with E-state index in [0.717, 1.165) is 0 Å². The molecule has 0 radical (unpaired) electrons. The van der Waals surface area contributed by atoms with Crippen LogP contribution in [-0.2, 0) is 0 Å². The summed E-state index contributed by atoms with van der Waals surface area (Å²) in [4.78, 5) is 10.8. The van der Waals surface area contributed by atoms with Crippen molar-refractivity contribution in [2.75, 3.05) is 12.3 Å². The van der Waals surface area contributed by atoms with E-state index in [1.165, 1.54) is 18.2 Å². The second-order valence-electron chi connectivity index (χ2n) is 3.67. The molecular weight excluding hydrogens is 226 g/mol. The fraction of sp³-hybridized carbons (Fsp3) is 0.364. The number of rotatable bonds is 5. The molecule has 0 bridgehead atoms. The van der Waals surface area contributed by atoms with Gasteiger partial charge in [0.25, 0.3) is 0 Å². The quantitative estimate of drug-likeness (QED) is 0.452. The first-order valence-electron chi connectivity index (χ1n) is 5.07. The van der Waals surface area contributed by atoms with Crippen LogP contribution >= 0.6 is 0 Å². The standard InChI is InChI=1S/C11H15NO5/c12-8-2-1-6(11(16)17)5-7(8)10(15)9(14)3-4-13/h1-2,5,9-10,13-15H,3-4,12H2,(H,16,17). The van der Waals surface area contributed by atoms with Gasteiger partial charge in [0.05, 0.1) is 11.7 Å². The summed E-state index contributed by atoms with van der Waals surface area (Å²) in [5, 5.41) is 36.7. The van der Waals surface area contributed by atoms with Gasteiger partial charge < -0.3 is 26.2 Å². The maximum absolute atomic E-state index is 10.8. The number of nitrogens with two attached hydrogens (primary N) is 1. The van der Waals surface area contributed by atoms with Crippen LogP contribution < -0.4 is 5.73 Å². The fourth-order valence-corrected chi connectivity index (χ4v) is 1.46. The lowest BCUT2D eigenvalue weighted by atomic mass is 9.98. The van der Waals surface area contributed by atoms with Crippen molar-refractivity contribution in [3.63, 3.8) is 0 Å². The highest BCUT2D eigenvalue weighted by molar-refractivity contribution is 5.88. The zero-order valence-corrected chi connectivity index (χ0v) is 9.08. The number of hydrogen-bond donors (Lipinski definition) is 5. The Kier molecular flexibility index (Phi) is 4.45. The minimum atomic E-state index is -1.32. The molecule has 1 aromatic rings. The van der Waals surface area contributed by atoms with Gasteiger partial charge in [0.2, 0.25) is 0 Å². The summed E-state index contributed by atoms with van der Waals surface area (Å²) in [6.07, 6.45) is -2.52. The molecule has 0 aromatic heterocycles. The van der Waals surface area contributed by atoms with Gasteiger partial charge in [-0.2, -0.15) is 0 Å². The topological polar surface area (TPSA) is 124 Å². The molecule has 0 fully saturated rings. The third-order valence-corrected chi connectivity index (χ3v) is 2.44. The summed E-state index contributed by atoms with van der Waals surface area (Å²) < 4.78 is 0. The van der Waals surface area contributed by atoms with Crippen LogP contribution in [0.2, 0.25) is 0 Å². The van der Waals surface area contributed by atoms with Crippen molar-refractivity contribution in [1.29, 1.82) is 0 Å². The molecule has 2 unspecified atom stereocenters. The Balaban J connectivity index is 3.03. The van der Waals surface area contributed by atoms with E-state index in [2.05, 4.69) is 0 Å². The molecule has 2 atom stereocenters. The first kappa shape index (κ1) is 13.4. The van der Waals surface area contributed by atoms with E-state index in [1.54, 1.807) is 0 Å². The fourth-order valence-electron chi connectivity index (χ4n) is 1.46. The van der Waals surface area contributed by atoms with Crippen LogP contribution in [0.15, 0.2) is 18.2 Å². The average Bonchev–Trinajstić information content (AvgIpc) is 2.28. The molecule has 6 nitrogen and oxygen atoms in total. The lowest BCUT2D eigenvalue weighted by molar-refractivity contribution is 0.00454. The van der Waals surface area contributed by atoms with E-state index in [0.29, 0.717) is 0 Å². The number of aliphatic hydroxyl groups is 3. The summed E-state index contributed by atoms with van der Waals surface area (Å²) in [7, 11) is 0. The van der Waals surface area contributed by atoms with Crippen LogP contribution in [0.25, 0.3) is 0 Å². The molecule has 0 spiro atoms. The number of aromatic carboxylic acids is 1. The summed E-state index contributed by atoms with van der Waals surface area (Å²) in [5.41, 5.74) is 5.91. The Hall–Kier alpha value is -1.63. The molecule has 0 aliphatic carbocycles. The normalized spacial score (nSPS) is 14.3. The predicted molar refractivity (Wildman–Crippen MR) is 60.5 cm³/mol. The molecule has 1 rings (SSSR count). The van der Waals surface area contributed by atoms with E-state index >= 15 is 0 Å². The van der Waals surface area contributed by atoms with Gasteiger partial charge >= 0.3 is 5.97 Å². The van der Waals surface area contributed by atoms with Gasteiger partial charge in [0, 0.05) is 17.9 Å². The molecule has 1 aromatic carbocycles. The Bertz CT molecular complexity index is 407. The number of nitrogen functional groups attached to an aromatic ring is 1. The summed E-state index contributed by atoms with van der Waals surface area (Å²) in [6, 6.07) is 3.88. The van der Waals surface area contributed by atoms with Gasteiger partial charge in [-0.05, 0) is 24.6 Å². The van der Waals surface area contributed by atoms with E-state index in [-0.39, 0.29) is 29.8 Å². The lowest BCUT2D eigenvalue weighted by Crippen LogP contribution is -2.21. The van der Waals surface area contributed by atoms with Gasteiger partial charge in [-0.1, -0.05) is 0 Å². The van der Waals surface area contributed by atoms with Crippen LogP contribution in [-0.4, -0.2) is 39.1 Å². The van der Waals surface area contributed by atoms with E-state index in [1.807, 2.05) is 0 Å². The molecule has 6 N–H and O–H groups in total. The first-order chi connectivity index (χ1) is 7.97. The second kappa shape index (κ2) is 5.62. The minimum Gasteiger partial charge on any atom is -0.478 e. The first-order valence-corrected chi connectivity index (χ1v) is 5.07. The van der Waals surface area contributed by atoms with Gasteiger partial charge in [-0.3, -0.25) is 0 Å². The maximum atomic E-state index is 10.8. The second-order valence-corrected chi connectivity index (χ2v) is 3.67.